The third-order valence-corrected chi connectivity index (χ3v) is 3.53. The highest BCUT2D eigenvalue weighted by molar-refractivity contribution is 9.10. The molecule has 0 aliphatic rings. The van der Waals surface area contributed by atoms with E-state index in [-0.39, 0.29) is 5.82 Å². The molecule has 2 aromatic rings. The molecule has 2 nitrogen and oxygen atoms in total. The Morgan fingerprint density at radius 3 is 2.65 bits per heavy atom. The number of aromatic nitrogens is 1. The maximum Gasteiger partial charge on any atom is 0.138 e. The minimum Gasteiger partial charge on any atom is -0.370 e. The van der Waals surface area contributed by atoms with Crippen LogP contribution in [0.4, 0.5) is 10.2 Å². The molecular formula is C13H14BrFN2. The summed E-state index contributed by atoms with van der Waals surface area (Å²) in [6.07, 6.45) is 0. The Balaban J connectivity index is 2.78. The van der Waals surface area contributed by atoms with E-state index in [4.69, 9.17) is 0 Å². The van der Waals surface area contributed by atoms with E-state index in [2.05, 4.69) is 26.2 Å². The molecule has 0 radical (unpaired) electrons. The zero-order valence-electron chi connectivity index (χ0n) is 10.1. The molecule has 17 heavy (non-hydrogen) atoms. The predicted octanol–water partition coefficient (Wildman–Crippen LogP) is 4.19. The van der Waals surface area contributed by atoms with Gasteiger partial charge in [0.1, 0.15) is 11.6 Å². The van der Waals surface area contributed by atoms with E-state index in [1.165, 1.54) is 6.07 Å². The van der Waals surface area contributed by atoms with E-state index in [1.54, 1.807) is 0 Å². The zero-order valence-corrected chi connectivity index (χ0v) is 11.7. The normalized spacial score (nSPS) is 10.9. The number of rotatable bonds is 2. The number of hydrogen-bond donors (Lipinski definition) is 1. The van der Waals surface area contributed by atoms with Crippen LogP contribution in [-0.2, 0) is 0 Å². The van der Waals surface area contributed by atoms with Crippen molar-refractivity contribution in [3.8, 4) is 0 Å². The smallest absolute Gasteiger partial charge is 0.138 e. The van der Waals surface area contributed by atoms with Crippen LogP contribution < -0.4 is 5.32 Å². The fourth-order valence-corrected chi connectivity index (χ4v) is 2.29. The minimum absolute atomic E-state index is 0.243. The van der Waals surface area contributed by atoms with Gasteiger partial charge < -0.3 is 5.32 Å². The lowest BCUT2D eigenvalue weighted by Crippen LogP contribution is -2.02. The second-order valence-corrected chi connectivity index (χ2v) is 4.86. The maximum atomic E-state index is 13.6. The van der Waals surface area contributed by atoms with Crippen molar-refractivity contribution in [1.29, 1.82) is 0 Å². The van der Waals surface area contributed by atoms with Crippen LogP contribution in [0.1, 0.15) is 18.1 Å². The van der Waals surface area contributed by atoms with E-state index in [1.807, 2.05) is 26.8 Å². The van der Waals surface area contributed by atoms with Gasteiger partial charge in [0.15, 0.2) is 0 Å². The quantitative estimate of drug-likeness (QED) is 0.899. The maximum absolute atomic E-state index is 13.6. The van der Waals surface area contributed by atoms with Gasteiger partial charge in [-0.15, -0.1) is 0 Å². The van der Waals surface area contributed by atoms with E-state index in [0.29, 0.717) is 4.47 Å². The Kier molecular flexibility index (Phi) is 3.33. The third kappa shape index (κ3) is 2.14. The van der Waals surface area contributed by atoms with Crippen LogP contribution in [0.25, 0.3) is 10.9 Å². The Labute approximate surface area is 108 Å². The van der Waals surface area contributed by atoms with E-state index >= 15 is 0 Å². The summed E-state index contributed by atoms with van der Waals surface area (Å²) in [7, 11) is 0. The first-order chi connectivity index (χ1) is 8.04. The molecule has 90 valence electrons. The van der Waals surface area contributed by atoms with Crippen molar-refractivity contribution in [2.45, 2.75) is 20.8 Å². The molecule has 0 aliphatic carbocycles. The summed E-state index contributed by atoms with van der Waals surface area (Å²) in [5.74, 6) is 0.619. The number of pyridine rings is 1. The van der Waals surface area contributed by atoms with Gasteiger partial charge in [-0.05, 0) is 60.0 Å². The van der Waals surface area contributed by atoms with Crippen LogP contribution in [0.2, 0.25) is 0 Å². The fraction of sp³-hybridized carbons (Fsp3) is 0.308. The molecular weight excluding hydrogens is 283 g/mol. The monoisotopic (exact) mass is 296 g/mol. The summed E-state index contributed by atoms with van der Waals surface area (Å²) in [6, 6.07) is 3.46. The van der Waals surface area contributed by atoms with Gasteiger partial charge in [0.25, 0.3) is 0 Å². The lowest BCUT2D eigenvalue weighted by atomic mass is 10.1. The number of anilines is 1. The van der Waals surface area contributed by atoms with E-state index in [0.717, 1.165) is 34.4 Å². The summed E-state index contributed by atoms with van der Waals surface area (Å²) in [6.45, 7) is 6.69. The van der Waals surface area contributed by atoms with Gasteiger partial charge in [0, 0.05) is 11.9 Å². The highest BCUT2D eigenvalue weighted by Gasteiger charge is 2.11. The molecule has 0 bridgehead atoms. The number of nitrogens with zero attached hydrogens (tertiary/aromatic N) is 1. The van der Waals surface area contributed by atoms with Crippen molar-refractivity contribution in [2.75, 3.05) is 11.9 Å². The molecule has 0 saturated heterocycles. The summed E-state index contributed by atoms with van der Waals surface area (Å²) in [4.78, 5) is 4.56. The average molecular weight is 297 g/mol. The van der Waals surface area contributed by atoms with E-state index < -0.39 is 0 Å². The molecule has 1 heterocycles. The Morgan fingerprint density at radius 2 is 2.00 bits per heavy atom. The standard InChI is InChI=1S/C13H14BrFN2/c1-4-16-13-8(3)5-9-11(14)10(15)6-7(2)12(9)17-13/h5-6H,4H2,1-3H3,(H,16,17). The van der Waals surface area contributed by atoms with Crippen molar-refractivity contribution in [2.24, 2.45) is 0 Å². The van der Waals surface area contributed by atoms with Gasteiger partial charge in [0.05, 0.1) is 9.99 Å². The molecule has 0 amide bonds. The van der Waals surface area contributed by atoms with Crippen LogP contribution in [0.5, 0.6) is 0 Å². The summed E-state index contributed by atoms with van der Waals surface area (Å²) in [5, 5.41) is 4.03. The molecule has 1 N–H and O–H groups in total. The first kappa shape index (κ1) is 12.3. The van der Waals surface area contributed by atoms with Gasteiger partial charge in [0.2, 0.25) is 0 Å². The number of hydrogen-bond acceptors (Lipinski definition) is 2. The molecule has 1 aromatic heterocycles. The van der Waals surface area contributed by atoms with Crippen LogP contribution in [-0.4, -0.2) is 11.5 Å². The minimum atomic E-state index is -0.243. The molecule has 0 aliphatic heterocycles. The van der Waals surface area contributed by atoms with Crippen molar-refractivity contribution in [3.63, 3.8) is 0 Å². The lowest BCUT2D eigenvalue weighted by Gasteiger charge is -2.11. The number of fused-ring (bicyclic) bond motifs is 1. The van der Waals surface area contributed by atoms with Crippen molar-refractivity contribution < 1.29 is 4.39 Å². The highest BCUT2D eigenvalue weighted by Crippen LogP contribution is 2.31. The Morgan fingerprint density at radius 1 is 1.29 bits per heavy atom. The molecule has 1 aromatic carbocycles. The number of benzene rings is 1. The molecule has 2 rings (SSSR count). The van der Waals surface area contributed by atoms with Crippen molar-refractivity contribution >= 4 is 32.7 Å². The van der Waals surface area contributed by atoms with Crippen LogP contribution in [0.3, 0.4) is 0 Å². The predicted molar refractivity (Wildman–Crippen MR) is 73.0 cm³/mol. The van der Waals surface area contributed by atoms with E-state index in [9.17, 15) is 4.39 Å². The summed E-state index contributed by atoms with van der Waals surface area (Å²) >= 11 is 3.28. The Hall–Kier alpha value is -1.16. The molecule has 4 heteroatoms. The van der Waals surface area contributed by atoms with Crippen LogP contribution in [0.15, 0.2) is 16.6 Å². The number of halogens is 2. The molecule has 0 spiro atoms. The van der Waals surface area contributed by atoms with Gasteiger partial charge in [-0.2, -0.15) is 0 Å². The van der Waals surface area contributed by atoms with Gasteiger partial charge in [-0.1, -0.05) is 0 Å². The SMILES string of the molecule is CCNc1nc2c(C)cc(F)c(Br)c2cc1C. The van der Waals surface area contributed by atoms with Gasteiger partial charge in [-0.3, -0.25) is 0 Å². The van der Waals surface area contributed by atoms with Gasteiger partial charge >= 0.3 is 0 Å². The second-order valence-electron chi connectivity index (χ2n) is 4.07. The first-order valence-corrected chi connectivity index (χ1v) is 6.33. The summed E-state index contributed by atoms with van der Waals surface area (Å²) < 4.78 is 14.1. The average Bonchev–Trinajstić information content (AvgIpc) is 2.28. The largest absolute Gasteiger partial charge is 0.370 e. The lowest BCUT2D eigenvalue weighted by molar-refractivity contribution is 0.622. The summed E-state index contributed by atoms with van der Waals surface area (Å²) in [5.41, 5.74) is 2.70. The molecule has 0 atom stereocenters. The third-order valence-electron chi connectivity index (χ3n) is 2.72. The van der Waals surface area contributed by atoms with Crippen molar-refractivity contribution in [3.05, 3.63) is 33.5 Å². The van der Waals surface area contributed by atoms with Gasteiger partial charge in [-0.25, -0.2) is 9.37 Å². The highest BCUT2D eigenvalue weighted by atomic mass is 79.9. The second kappa shape index (κ2) is 4.61. The van der Waals surface area contributed by atoms with Crippen LogP contribution >= 0.6 is 15.9 Å². The fourth-order valence-electron chi connectivity index (χ4n) is 1.88. The van der Waals surface area contributed by atoms with Crippen LogP contribution in [0, 0.1) is 19.7 Å². The number of nitrogens with one attached hydrogen (secondary N) is 1. The topological polar surface area (TPSA) is 24.9 Å². The molecule has 0 fully saturated rings. The Bertz CT molecular complexity index is 581. The first-order valence-electron chi connectivity index (χ1n) is 5.54. The zero-order chi connectivity index (χ0) is 12.6. The molecule has 0 unspecified atom stereocenters. The number of aryl methyl sites for hydroxylation is 2. The molecule has 0 saturated carbocycles. The van der Waals surface area contributed by atoms with Crippen molar-refractivity contribution in [1.82, 2.24) is 4.98 Å².